The van der Waals surface area contributed by atoms with Crippen LogP contribution in [-0.4, -0.2) is 28.1 Å². The summed E-state index contributed by atoms with van der Waals surface area (Å²) < 4.78 is 11.0. The minimum Gasteiger partial charge on any atom is -0.374 e. The topological polar surface area (TPSA) is 65.2 Å². The van der Waals surface area contributed by atoms with Crippen LogP contribution in [0.25, 0.3) is 0 Å². The average molecular weight is 250 g/mol. The van der Waals surface area contributed by atoms with E-state index in [1.54, 1.807) is 0 Å². The number of fused-ring (bicyclic) bond motifs is 2. The number of ketones is 1. The lowest BCUT2D eigenvalue weighted by molar-refractivity contribution is -0.120. The van der Waals surface area contributed by atoms with E-state index in [2.05, 4.69) is 10.1 Å². The van der Waals surface area contributed by atoms with Crippen molar-refractivity contribution in [3.63, 3.8) is 0 Å². The Bertz CT molecular complexity index is 457. The first-order valence-corrected chi connectivity index (χ1v) is 6.70. The third kappa shape index (κ3) is 1.86. The molecule has 2 aliphatic rings. The lowest BCUT2D eigenvalue weighted by Crippen LogP contribution is -2.16. The van der Waals surface area contributed by atoms with Gasteiger partial charge in [0.15, 0.2) is 5.82 Å². The van der Waals surface area contributed by atoms with E-state index in [9.17, 15) is 4.79 Å². The van der Waals surface area contributed by atoms with Crippen molar-refractivity contribution >= 4 is 5.78 Å². The second-order valence-electron chi connectivity index (χ2n) is 5.25. The summed E-state index contributed by atoms with van der Waals surface area (Å²) in [6, 6.07) is 0. The van der Waals surface area contributed by atoms with Crippen LogP contribution in [0.5, 0.6) is 0 Å². The maximum atomic E-state index is 11.6. The second-order valence-corrected chi connectivity index (χ2v) is 5.25. The molecule has 5 heteroatoms. The molecule has 0 spiro atoms. The fourth-order valence-electron chi connectivity index (χ4n) is 2.93. The van der Waals surface area contributed by atoms with Gasteiger partial charge in [-0.25, -0.2) is 0 Å². The van der Waals surface area contributed by atoms with Gasteiger partial charge in [0.2, 0.25) is 5.89 Å². The molecule has 2 bridgehead atoms. The van der Waals surface area contributed by atoms with Crippen LogP contribution in [0.1, 0.15) is 63.1 Å². The van der Waals surface area contributed by atoms with Gasteiger partial charge in [-0.1, -0.05) is 12.1 Å². The van der Waals surface area contributed by atoms with Crippen LogP contribution in [0.3, 0.4) is 0 Å². The Morgan fingerprint density at radius 3 is 2.94 bits per heavy atom. The van der Waals surface area contributed by atoms with Gasteiger partial charge in [-0.05, 0) is 26.2 Å². The van der Waals surface area contributed by atoms with Crippen LogP contribution >= 0.6 is 0 Å². The molecule has 4 atom stereocenters. The maximum absolute atomic E-state index is 11.6. The molecule has 18 heavy (non-hydrogen) atoms. The van der Waals surface area contributed by atoms with Crippen LogP contribution in [0, 0.1) is 0 Å². The Hall–Kier alpha value is -1.23. The quantitative estimate of drug-likeness (QED) is 0.819. The molecule has 1 aromatic rings. The molecule has 0 N–H and O–H groups in total. The van der Waals surface area contributed by atoms with Crippen molar-refractivity contribution in [3.05, 3.63) is 11.7 Å². The Kier molecular flexibility index (Phi) is 2.93. The van der Waals surface area contributed by atoms with Gasteiger partial charge in [-0.15, -0.1) is 0 Å². The molecule has 0 amide bonds. The number of hydrogen-bond acceptors (Lipinski definition) is 5. The SMILES string of the molecule is CCC(=O)C(C)c1nc(C2CC3CCC2O3)no1. The van der Waals surface area contributed by atoms with E-state index in [0.29, 0.717) is 24.2 Å². The van der Waals surface area contributed by atoms with Crippen molar-refractivity contribution in [3.8, 4) is 0 Å². The molecule has 4 unspecified atom stereocenters. The summed E-state index contributed by atoms with van der Waals surface area (Å²) in [5.41, 5.74) is 0. The van der Waals surface area contributed by atoms with Gasteiger partial charge in [0.25, 0.3) is 0 Å². The third-order valence-electron chi connectivity index (χ3n) is 4.10. The van der Waals surface area contributed by atoms with Crippen molar-refractivity contribution in [1.29, 1.82) is 0 Å². The summed E-state index contributed by atoms with van der Waals surface area (Å²) >= 11 is 0. The molecule has 0 saturated carbocycles. The predicted molar refractivity (Wildman–Crippen MR) is 63.3 cm³/mol. The van der Waals surface area contributed by atoms with Crippen LogP contribution in [0.4, 0.5) is 0 Å². The first-order chi connectivity index (χ1) is 8.69. The Morgan fingerprint density at radius 2 is 2.33 bits per heavy atom. The van der Waals surface area contributed by atoms with Gasteiger partial charge in [-0.2, -0.15) is 4.98 Å². The summed E-state index contributed by atoms with van der Waals surface area (Å²) in [5, 5.41) is 4.04. The molecule has 3 heterocycles. The number of nitrogens with zero attached hydrogens (tertiary/aromatic N) is 2. The molecule has 1 aromatic heterocycles. The highest BCUT2D eigenvalue weighted by atomic mass is 16.5. The Balaban J connectivity index is 1.75. The summed E-state index contributed by atoms with van der Waals surface area (Å²) in [6.07, 6.45) is 4.34. The van der Waals surface area contributed by atoms with Crippen LogP contribution in [0.15, 0.2) is 4.52 Å². The molecule has 0 radical (unpaired) electrons. The number of Topliss-reactive ketones (excluding diaryl/α,β-unsaturated/α-hetero) is 1. The Labute approximate surface area is 106 Å². The van der Waals surface area contributed by atoms with E-state index >= 15 is 0 Å². The zero-order valence-corrected chi connectivity index (χ0v) is 10.8. The van der Waals surface area contributed by atoms with Crippen LogP contribution in [0.2, 0.25) is 0 Å². The standard InChI is InChI=1S/C13H18N2O3/c1-3-10(16)7(2)13-14-12(15-18-13)9-6-8-4-5-11(9)17-8/h7-9,11H,3-6H2,1-2H3. The highest BCUT2D eigenvalue weighted by Gasteiger charge is 2.43. The molecule has 2 saturated heterocycles. The molecule has 3 rings (SSSR count). The number of carbonyl (C=O) groups is 1. The number of aromatic nitrogens is 2. The minimum absolute atomic E-state index is 0.134. The van der Waals surface area contributed by atoms with E-state index in [1.807, 2.05) is 13.8 Å². The average Bonchev–Trinajstić information content (AvgIpc) is 3.10. The fraction of sp³-hybridized carbons (Fsp3) is 0.769. The maximum Gasteiger partial charge on any atom is 0.236 e. The summed E-state index contributed by atoms with van der Waals surface area (Å²) in [6.45, 7) is 3.67. The number of carbonyl (C=O) groups excluding carboxylic acids is 1. The summed E-state index contributed by atoms with van der Waals surface area (Å²) in [5.74, 6) is 1.25. The fourth-order valence-corrected chi connectivity index (χ4v) is 2.93. The van der Waals surface area contributed by atoms with Gasteiger partial charge in [-0.3, -0.25) is 4.79 Å². The highest BCUT2D eigenvalue weighted by Crippen LogP contribution is 2.43. The molecule has 0 aliphatic carbocycles. The van der Waals surface area contributed by atoms with Crippen molar-refractivity contribution in [2.45, 2.75) is 63.6 Å². The smallest absolute Gasteiger partial charge is 0.236 e. The van der Waals surface area contributed by atoms with Gasteiger partial charge in [0, 0.05) is 6.42 Å². The van der Waals surface area contributed by atoms with Crippen molar-refractivity contribution in [2.24, 2.45) is 0 Å². The van der Waals surface area contributed by atoms with Crippen LogP contribution in [-0.2, 0) is 9.53 Å². The van der Waals surface area contributed by atoms with E-state index < -0.39 is 0 Å². The number of rotatable bonds is 4. The summed E-state index contributed by atoms with van der Waals surface area (Å²) in [4.78, 5) is 16.0. The van der Waals surface area contributed by atoms with E-state index in [4.69, 9.17) is 9.26 Å². The first-order valence-electron chi connectivity index (χ1n) is 6.70. The van der Waals surface area contributed by atoms with Crippen molar-refractivity contribution in [2.75, 3.05) is 0 Å². The highest BCUT2D eigenvalue weighted by molar-refractivity contribution is 5.83. The van der Waals surface area contributed by atoms with Gasteiger partial charge in [0.05, 0.1) is 24.0 Å². The van der Waals surface area contributed by atoms with Crippen LogP contribution < -0.4 is 0 Å². The molecular weight excluding hydrogens is 232 g/mol. The molecule has 98 valence electrons. The molecule has 0 aromatic carbocycles. The number of hydrogen-bond donors (Lipinski definition) is 0. The minimum atomic E-state index is -0.296. The molecular formula is C13H18N2O3. The zero-order chi connectivity index (χ0) is 12.7. The molecule has 2 aliphatic heterocycles. The lowest BCUT2D eigenvalue weighted by Gasteiger charge is -2.13. The predicted octanol–water partition coefficient (Wildman–Crippen LogP) is 2.19. The normalized spacial score (nSPS) is 31.8. The van der Waals surface area contributed by atoms with E-state index in [1.165, 1.54) is 0 Å². The van der Waals surface area contributed by atoms with E-state index in [-0.39, 0.29) is 23.7 Å². The van der Waals surface area contributed by atoms with Crippen molar-refractivity contribution < 1.29 is 14.1 Å². The molecule has 5 nitrogen and oxygen atoms in total. The monoisotopic (exact) mass is 250 g/mol. The van der Waals surface area contributed by atoms with Crippen molar-refractivity contribution in [1.82, 2.24) is 10.1 Å². The lowest BCUT2D eigenvalue weighted by atomic mass is 9.89. The second kappa shape index (κ2) is 4.46. The zero-order valence-electron chi connectivity index (χ0n) is 10.8. The van der Waals surface area contributed by atoms with E-state index in [0.717, 1.165) is 19.3 Å². The first kappa shape index (κ1) is 11.8. The largest absolute Gasteiger partial charge is 0.374 e. The summed E-state index contributed by atoms with van der Waals surface area (Å²) in [7, 11) is 0. The number of ether oxygens (including phenoxy) is 1. The third-order valence-corrected chi connectivity index (χ3v) is 4.10. The van der Waals surface area contributed by atoms with Gasteiger partial charge >= 0.3 is 0 Å². The Morgan fingerprint density at radius 1 is 1.50 bits per heavy atom. The van der Waals surface area contributed by atoms with Gasteiger partial charge < -0.3 is 9.26 Å². The molecule has 2 fully saturated rings. The van der Waals surface area contributed by atoms with Gasteiger partial charge in [0.1, 0.15) is 5.78 Å².